The summed E-state index contributed by atoms with van der Waals surface area (Å²) in [5.74, 6) is 0. The summed E-state index contributed by atoms with van der Waals surface area (Å²) in [5.41, 5.74) is 0.953. The van der Waals surface area contributed by atoms with Crippen LogP contribution in [0.25, 0.3) is 11.0 Å². The number of hydrogen-bond acceptors (Lipinski definition) is 6. The summed E-state index contributed by atoms with van der Waals surface area (Å²) in [5, 5.41) is 7.41. The molecule has 27 heavy (non-hydrogen) atoms. The summed E-state index contributed by atoms with van der Waals surface area (Å²) < 4.78 is 7.09. The van der Waals surface area contributed by atoms with Gasteiger partial charge in [-0.15, -0.1) is 0 Å². The molecule has 2 amide bonds. The van der Waals surface area contributed by atoms with Gasteiger partial charge in [-0.1, -0.05) is 0 Å². The van der Waals surface area contributed by atoms with E-state index in [0.29, 0.717) is 29.7 Å². The Kier molecular flexibility index (Phi) is 4.84. The van der Waals surface area contributed by atoms with Crippen LogP contribution >= 0.6 is 0 Å². The van der Waals surface area contributed by atoms with Gasteiger partial charge in [0.25, 0.3) is 0 Å². The van der Waals surface area contributed by atoms with E-state index in [1.54, 1.807) is 34.1 Å². The zero-order valence-electron chi connectivity index (χ0n) is 14.7. The molecule has 0 bridgehead atoms. The van der Waals surface area contributed by atoms with Crippen LogP contribution in [-0.2, 0) is 6.54 Å². The second-order valence-corrected chi connectivity index (χ2v) is 6.41. The molecule has 1 fully saturated rings. The molecule has 1 N–H and O–H groups in total. The van der Waals surface area contributed by atoms with Gasteiger partial charge in [0.1, 0.15) is 18.2 Å². The maximum atomic E-state index is 12.5. The number of amides is 2. The second-order valence-electron chi connectivity index (χ2n) is 6.41. The molecule has 0 radical (unpaired) electrons. The normalized spacial score (nSPS) is 15.2. The number of hydrogen-bond donors (Lipinski definition) is 1. The summed E-state index contributed by atoms with van der Waals surface area (Å²) in [6, 6.07) is 6.27. The fourth-order valence-electron chi connectivity index (χ4n) is 3.13. The van der Waals surface area contributed by atoms with Crippen LogP contribution in [0.15, 0.2) is 52.4 Å². The van der Waals surface area contributed by atoms with E-state index in [4.69, 9.17) is 4.42 Å². The highest BCUT2D eigenvalue weighted by Gasteiger charge is 2.21. The molecule has 0 aliphatic carbocycles. The van der Waals surface area contributed by atoms with Crippen molar-refractivity contribution in [2.75, 3.05) is 38.0 Å². The second kappa shape index (κ2) is 7.58. The first kappa shape index (κ1) is 17.2. The minimum Gasteiger partial charge on any atom is -0.464 e. The first-order valence-electron chi connectivity index (χ1n) is 8.81. The maximum absolute atomic E-state index is 12.5. The number of piperazine rings is 1. The van der Waals surface area contributed by atoms with Crippen LogP contribution in [0.3, 0.4) is 0 Å². The fourth-order valence-corrected chi connectivity index (χ4v) is 3.13. The number of nitrogens with zero attached hydrogens (tertiary/aromatic N) is 5. The first-order valence-corrected chi connectivity index (χ1v) is 8.81. The molecule has 140 valence electrons. The molecule has 3 heterocycles. The van der Waals surface area contributed by atoms with Gasteiger partial charge in [0.15, 0.2) is 5.43 Å². The minimum atomic E-state index is -0.161. The molecule has 0 spiro atoms. The highest BCUT2D eigenvalue weighted by atomic mass is 16.3. The molecule has 1 aliphatic heterocycles. The maximum Gasteiger partial charge on any atom is 0.321 e. The van der Waals surface area contributed by atoms with Crippen LogP contribution in [0.2, 0.25) is 0 Å². The lowest BCUT2D eigenvalue weighted by Crippen LogP contribution is -2.50. The van der Waals surface area contributed by atoms with E-state index in [1.807, 2.05) is 0 Å². The highest BCUT2D eigenvalue weighted by Crippen LogP contribution is 2.17. The number of nitrogens with one attached hydrogen (secondary N) is 1. The molecule has 0 atom stereocenters. The SMILES string of the molecule is O=C(Nc1ccc2occc(=O)c2c1)N1CCN(CCn2cncn2)CC1. The largest absolute Gasteiger partial charge is 0.464 e. The number of aromatic nitrogens is 3. The van der Waals surface area contributed by atoms with Gasteiger partial charge in [-0.25, -0.2) is 9.78 Å². The molecule has 1 aromatic carbocycles. The smallest absolute Gasteiger partial charge is 0.321 e. The monoisotopic (exact) mass is 368 g/mol. The van der Waals surface area contributed by atoms with Gasteiger partial charge in [0.2, 0.25) is 0 Å². The zero-order chi connectivity index (χ0) is 18.6. The fraction of sp³-hybridized carbons (Fsp3) is 0.333. The van der Waals surface area contributed by atoms with E-state index in [-0.39, 0.29) is 11.5 Å². The number of urea groups is 1. The van der Waals surface area contributed by atoms with Crippen molar-refractivity contribution in [1.82, 2.24) is 24.6 Å². The van der Waals surface area contributed by atoms with E-state index in [0.717, 1.165) is 26.2 Å². The Labute approximate surface area is 155 Å². The number of benzene rings is 1. The lowest BCUT2D eigenvalue weighted by Gasteiger charge is -2.34. The number of carbonyl (C=O) groups excluding carboxylic acids is 1. The van der Waals surface area contributed by atoms with Gasteiger partial charge in [-0.2, -0.15) is 5.10 Å². The Morgan fingerprint density at radius 3 is 2.78 bits per heavy atom. The van der Waals surface area contributed by atoms with Crippen LogP contribution in [0.4, 0.5) is 10.5 Å². The van der Waals surface area contributed by atoms with E-state index in [9.17, 15) is 9.59 Å². The number of rotatable bonds is 4. The molecule has 9 heteroatoms. The standard InChI is InChI=1S/C18H20N6O3/c25-16-3-10-27-17-2-1-14(11-15(16)17)21-18(26)23-7-4-22(5-8-23)6-9-24-13-19-12-20-24/h1-3,10-13H,4-9H2,(H,21,26). The van der Waals surface area contributed by atoms with E-state index >= 15 is 0 Å². The summed E-state index contributed by atoms with van der Waals surface area (Å²) in [7, 11) is 0. The van der Waals surface area contributed by atoms with Crippen LogP contribution in [0.5, 0.6) is 0 Å². The first-order chi connectivity index (χ1) is 13.2. The van der Waals surface area contributed by atoms with Crippen molar-refractivity contribution in [2.24, 2.45) is 0 Å². The van der Waals surface area contributed by atoms with Gasteiger partial charge in [0.05, 0.1) is 18.2 Å². The third-order valence-electron chi connectivity index (χ3n) is 4.68. The number of fused-ring (bicyclic) bond motifs is 1. The molecule has 3 aromatic rings. The topological polar surface area (TPSA) is 96.5 Å². The summed E-state index contributed by atoms with van der Waals surface area (Å²) in [4.78, 5) is 32.4. The van der Waals surface area contributed by atoms with Crippen molar-refractivity contribution in [3.8, 4) is 0 Å². The molecule has 2 aromatic heterocycles. The van der Waals surface area contributed by atoms with Crippen molar-refractivity contribution < 1.29 is 9.21 Å². The van der Waals surface area contributed by atoms with Crippen molar-refractivity contribution >= 4 is 22.7 Å². The molecule has 1 saturated heterocycles. The number of anilines is 1. The van der Waals surface area contributed by atoms with Crippen LogP contribution in [0, 0.1) is 0 Å². The lowest BCUT2D eigenvalue weighted by atomic mass is 10.2. The average Bonchev–Trinajstić information content (AvgIpc) is 3.21. The van der Waals surface area contributed by atoms with Crippen molar-refractivity contribution in [3.05, 3.63) is 53.4 Å². The van der Waals surface area contributed by atoms with Crippen molar-refractivity contribution in [1.29, 1.82) is 0 Å². The van der Waals surface area contributed by atoms with Crippen LogP contribution in [0.1, 0.15) is 0 Å². The van der Waals surface area contributed by atoms with Gasteiger partial charge < -0.3 is 14.6 Å². The third-order valence-corrected chi connectivity index (χ3v) is 4.68. The molecule has 0 saturated carbocycles. The van der Waals surface area contributed by atoms with E-state index in [1.165, 1.54) is 18.7 Å². The predicted molar refractivity (Wildman–Crippen MR) is 99.5 cm³/mol. The van der Waals surface area contributed by atoms with Gasteiger partial charge in [-0.05, 0) is 18.2 Å². The van der Waals surface area contributed by atoms with Gasteiger partial charge in [-0.3, -0.25) is 14.4 Å². The van der Waals surface area contributed by atoms with Crippen LogP contribution < -0.4 is 10.7 Å². The zero-order valence-corrected chi connectivity index (χ0v) is 14.7. The molecule has 9 nitrogen and oxygen atoms in total. The van der Waals surface area contributed by atoms with Crippen LogP contribution in [-0.4, -0.2) is 63.3 Å². The molecular weight excluding hydrogens is 348 g/mol. The highest BCUT2D eigenvalue weighted by molar-refractivity contribution is 5.92. The predicted octanol–water partition coefficient (Wildman–Crippen LogP) is 1.23. The molecule has 1 aliphatic rings. The van der Waals surface area contributed by atoms with E-state index < -0.39 is 0 Å². The summed E-state index contributed by atoms with van der Waals surface area (Å²) in [6.45, 7) is 4.58. The molecule has 0 unspecified atom stereocenters. The Hall–Kier alpha value is -3.20. The summed E-state index contributed by atoms with van der Waals surface area (Å²) in [6.07, 6.45) is 4.60. The lowest BCUT2D eigenvalue weighted by molar-refractivity contribution is 0.143. The molecular formula is C18H20N6O3. The van der Waals surface area contributed by atoms with E-state index in [2.05, 4.69) is 20.3 Å². The average molecular weight is 368 g/mol. The quantitative estimate of drug-likeness (QED) is 0.744. The Morgan fingerprint density at radius 1 is 1.15 bits per heavy atom. The Morgan fingerprint density at radius 2 is 2.00 bits per heavy atom. The van der Waals surface area contributed by atoms with Crippen molar-refractivity contribution in [3.63, 3.8) is 0 Å². The van der Waals surface area contributed by atoms with Crippen molar-refractivity contribution in [2.45, 2.75) is 6.54 Å². The molecule has 4 rings (SSSR count). The Bertz CT molecular complexity index is 976. The third kappa shape index (κ3) is 3.98. The number of carbonyl (C=O) groups is 1. The van der Waals surface area contributed by atoms with Gasteiger partial charge >= 0.3 is 6.03 Å². The van der Waals surface area contributed by atoms with Gasteiger partial charge in [0, 0.05) is 44.5 Å². The summed E-state index contributed by atoms with van der Waals surface area (Å²) >= 11 is 0. The Balaban J connectivity index is 1.32. The minimum absolute atomic E-state index is 0.131.